The normalized spacial score (nSPS) is 22.7. The van der Waals surface area contributed by atoms with Gasteiger partial charge in [0.05, 0.1) is 17.3 Å². The van der Waals surface area contributed by atoms with Gasteiger partial charge in [0.25, 0.3) is 0 Å². The van der Waals surface area contributed by atoms with Crippen LogP contribution in [-0.4, -0.2) is 42.8 Å². The Hall–Kier alpha value is -0.270. The van der Waals surface area contributed by atoms with Gasteiger partial charge in [-0.25, -0.2) is 13.2 Å². The number of rotatable bonds is 4. The van der Waals surface area contributed by atoms with Crippen LogP contribution in [0, 0.1) is 0 Å². The van der Waals surface area contributed by atoms with Crippen LogP contribution in [0.2, 0.25) is 0 Å². The summed E-state index contributed by atoms with van der Waals surface area (Å²) in [5.41, 5.74) is 0. The van der Waals surface area contributed by atoms with Crippen molar-refractivity contribution in [3.05, 3.63) is 0 Å². The second-order valence-corrected chi connectivity index (χ2v) is 7.23. The minimum atomic E-state index is -3.39. The predicted molar refractivity (Wildman–Crippen MR) is 68.0 cm³/mol. The largest absolute Gasteiger partial charge is 0.390 e. The Balaban J connectivity index is 2.90. The Morgan fingerprint density at radius 2 is 2.06 bits per heavy atom. The van der Waals surface area contributed by atoms with Gasteiger partial charge in [-0.05, 0) is 33.1 Å². The molecule has 0 saturated carbocycles. The standard InChI is InChI=1S/C10H19NO4S2/c1-8(2)17(13,14)11-7-5-4-6-9(11)10(12)15-16-3/h8-9H,4-7H2,1-3H3. The van der Waals surface area contributed by atoms with Gasteiger partial charge in [0.15, 0.2) is 0 Å². The molecule has 1 saturated heterocycles. The lowest BCUT2D eigenvalue weighted by atomic mass is 10.1. The highest BCUT2D eigenvalue weighted by molar-refractivity contribution is 7.94. The second kappa shape index (κ2) is 6.06. The van der Waals surface area contributed by atoms with Gasteiger partial charge >= 0.3 is 5.97 Å². The van der Waals surface area contributed by atoms with E-state index in [2.05, 4.69) is 0 Å². The van der Waals surface area contributed by atoms with Gasteiger partial charge in [-0.15, -0.1) is 0 Å². The molecule has 0 aromatic carbocycles. The fraction of sp³-hybridized carbons (Fsp3) is 0.900. The van der Waals surface area contributed by atoms with Crippen LogP contribution in [0.3, 0.4) is 0 Å². The molecule has 1 aliphatic heterocycles. The minimum absolute atomic E-state index is 0.411. The summed E-state index contributed by atoms with van der Waals surface area (Å²) in [4.78, 5) is 11.7. The molecule has 0 amide bonds. The molecule has 1 aliphatic rings. The summed E-state index contributed by atoms with van der Waals surface area (Å²) in [5, 5.41) is -0.509. The molecule has 1 fully saturated rings. The van der Waals surface area contributed by atoms with E-state index in [1.165, 1.54) is 4.31 Å². The van der Waals surface area contributed by atoms with Crippen LogP contribution in [0.4, 0.5) is 0 Å². The lowest BCUT2D eigenvalue weighted by Gasteiger charge is -2.33. The first-order valence-electron chi connectivity index (χ1n) is 5.66. The average molecular weight is 281 g/mol. The Kier molecular flexibility index (Phi) is 5.27. The number of hydrogen-bond donors (Lipinski definition) is 0. The number of sulfonamides is 1. The van der Waals surface area contributed by atoms with Gasteiger partial charge in [-0.3, -0.25) is 0 Å². The molecule has 1 unspecified atom stereocenters. The molecule has 100 valence electrons. The van der Waals surface area contributed by atoms with Gasteiger partial charge in [-0.2, -0.15) is 4.31 Å². The summed E-state index contributed by atoms with van der Waals surface area (Å²) in [6.07, 6.45) is 3.85. The number of carbonyl (C=O) groups is 1. The van der Waals surface area contributed by atoms with E-state index in [1.54, 1.807) is 20.1 Å². The minimum Gasteiger partial charge on any atom is -0.390 e. The molecule has 1 heterocycles. The summed E-state index contributed by atoms with van der Waals surface area (Å²) in [6.45, 7) is 3.66. The molecule has 0 N–H and O–H groups in total. The summed E-state index contributed by atoms with van der Waals surface area (Å²) in [7, 11) is -3.39. The van der Waals surface area contributed by atoms with Gasteiger partial charge in [0.2, 0.25) is 10.0 Å². The van der Waals surface area contributed by atoms with Crippen molar-refractivity contribution in [2.24, 2.45) is 0 Å². The highest BCUT2D eigenvalue weighted by Gasteiger charge is 2.39. The molecular formula is C10H19NO4S2. The van der Waals surface area contributed by atoms with E-state index >= 15 is 0 Å². The maximum Gasteiger partial charge on any atom is 0.336 e. The van der Waals surface area contributed by atoms with Crippen LogP contribution >= 0.6 is 12.0 Å². The van der Waals surface area contributed by atoms with Crippen LogP contribution in [0.15, 0.2) is 0 Å². The van der Waals surface area contributed by atoms with E-state index in [-0.39, 0.29) is 0 Å². The molecule has 0 spiro atoms. The van der Waals surface area contributed by atoms with Crippen molar-refractivity contribution in [2.45, 2.75) is 44.4 Å². The first kappa shape index (κ1) is 14.8. The Labute approximate surface area is 107 Å². The van der Waals surface area contributed by atoms with Crippen molar-refractivity contribution < 1.29 is 17.4 Å². The molecule has 0 aromatic rings. The van der Waals surface area contributed by atoms with Crippen molar-refractivity contribution in [2.75, 3.05) is 12.8 Å². The Morgan fingerprint density at radius 3 is 2.59 bits per heavy atom. The molecule has 5 nitrogen and oxygen atoms in total. The Bertz CT molecular complexity index is 367. The zero-order valence-electron chi connectivity index (χ0n) is 10.4. The van der Waals surface area contributed by atoms with Crippen LogP contribution in [0.1, 0.15) is 33.1 Å². The fourth-order valence-electron chi connectivity index (χ4n) is 1.85. The third-order valence-electron chi connectivity index (χ3n) is 2.81. The fourth-order valence-corrected chi connectivity index (χ4v) is 3.60. The summed E-state index contributed by atoms with van der Waals surface area (Å²) >= 11 is 0.953. The molecule has 0 aromatic heterocycles. The number of carbonyl (C=O) groups excluding carboxylic acids is 1. The maximum absolute atomic E-state index is 12.1. The van der Waals surface area contributed by atoms with Crippen molar-refractivity contribution in [1.82, 2.24) is 4.31 Å². The molecule has 0 bridgehead atoms. The molecule has 0 aliphatic carbocycles. The maximum atomic E-state index is 12.1. The van der Waals surface area contributed by atoms with Crippen molar-refractivity contribution in [3.63, 3.8) is 0 Å². The van der Waals surface area contributed by atoms with Crippen LogP contribution in [0.5, 0.6) is 0 Å². The lowest BCUT2D eigenvalue weighted by molar-refractivity contribution is -0.138. The van der Waals surface area contributed by atoms with Crippen LogP contribution < -0.4 is 0 Å². The van der Waals surface area contributed by atoms with Gasteiger partial charge < -0.3 is 4.18 Å². The van der Waals surface area contributed by atoms with Gasteiger partial charge in [0, 0.05) is 12.8 Å². The third-order valence-corrected chi connectivity index (χ3v) is 5.43. The smallest absolute Gasteiger partial charge is 0.336 e. The lowest BCUT2D eigenvalue weighted by Crippen LogP contribution is -2.50. The molecule has 1 rings (SSSR count). The van der Waals surface area contributed by atoms with E-state index in [1.807, 2.05) is 0 Å². The first-order chi connectivity index (χ1) is 7.91. The Morgan fingerprint density at radius 1 is 1.41 bits per heavy atom. The number of nitrogens with zero attached hydrogens (tertiary/aromatic N) is 1. The van der Waals surface area contributed by atoms with Crippen LogP contribution in [0.25, 0.3) is 0 Å². The van der Waals surface area contributed by atoms with E-state index in [9.17, 15) is 13.2 Å². The first-order valence-corrected chi connectivity index (χ1v) is 8.31. The molecule has 17 heavy (non-hydrogen) atoms. The highest BCUT2D eigenvalue weighted by atomic mass is 32.2. The summed E-state index contributed by atoms with van der Waals surface area (Å²) in [5.74, 6) is -0.457. The monoisotopic (exact) mass is 281 g/mol. The molecular weight excluding hydrogens is 262 g/mol. The van der Waals surface area contributed by atoms with E-state index in [0.29, 0.717) is 13.0 Å². The average Bonchev–Trinajstić information content (AvgIpc) is 2.29. The zero-order valence-corrected chi connectivity index (χ0v) is 12.0. The predicted octanol–water partition coefficient (Wildman–Crippen LogP) is 1.40. The number of piperidine rings is 1. The van der Waals surface area contributed by atoms with Gasteiger partial charge in [0.1, 0.15) is 6.04 Å². The molecule has 7 heteroatoms. The molecule has 1 atom stereocenters. The zero-order chi connectivity index (χ0) is 13.1. The quantitative estimate of drug-likeness (QED) is 0.729. The van der Waals surface area contributed by atoms with Gasteiger partial charge in [-0.1, -0.05) is 0 Å². The van der Waals surface area contributed by atoms with Crippen molar-refractivity contribution in [1.29, 1.82) is 0 Å². The summed E-state index contributed by atoms with van der Waals surface area (Å²) < 4.78 is 30.4. The van der Waals surface area contributed by atoms with Crippen molar-refractivity contribution in [3.8, 4) is 0 Å². The van der Waals surface area contributed by atoms with E-state index < -0.39 is 27.3 Å². The van der Waals surface area contributed by atoms with E-state index in [4.69, 9.17) is 4.18 Å². The second-order valence-electron chi connectivity index (χ2n) is 4.29. The highest BCUT2D eigenvalue weighted by Crippen LogP contribution is 2.24. The number of hydrogen-bond acceptors (Lipinski definition) is 5. The molecule has 0 radical (unpaired) electrons. The topological polar surface area (TPSA) is 63.7 Å². The SMILES string of the molecule is CSOC(=O)C1CCCCN1S(=O)(=O)C(C)C. The summed E-state index contributed by atoms with van der Waals surface area (Å²) in [6, 6.07) is -0.649. The van der Waals surface area contributed by atoms with Crippen LogP contribution in [-0.2, 0) is 19.0 Å². The van der Waals surface area contributed by atoms with Crippen molar-refractivity contribution >= 4 is 28.0 Å². The van der Waals surface area contributed by atoms with E-state index in [0.717, 1.165) is 24.9 Å². The third kappa shape index (κ3) is 3.35.